The van der Waals surface area contributed by atoms with Crippen molar-refractivity contribution in [1.29, 1.82) is 0 Å². The van der Waals surface area contributed by atoms with Crippen LogP contribution >= 0.6 is 11.6 Å². The molecule has 0 bridgehead atoms. The van der Waals surface area contributed by atoms with E-state index < -0.39 is 0 Å². The van der Waals surface area contributed by atoms with Crippen molar-refractivity contribution in [2.45, 2.75) is 13.0 Å². The number of pyridine rings is 1. The molecule has 4 aromatic rings. The number of nitrogens with zero attached hydrogens (tertiary/aromatic N) is 3. The number of anilines is 2. The smallest absolute Gasteiger partial charge is 0.163 e. The summed E-state index contributed by atoms with van der Waals surface area (Å²) in [4.78, 5) is 16.2. The molecule has 136 valence electrons. The highest BCUT2D eigenvalue weighted by atomic mass is 35.5. The minimum atomic E-state index is -0.276. The Bertz CT molecular complexity index is 1110. The second kappa shape index (κ2) is 6.85. The molecule has 3 heterocycles. The summed E-state index contributed by atoms with van der Waals surface area (Å²) in [6.45, 7) is 1.95. The van der Waals surface area contributed by atoms with Gasteiger partial charge in [0.15, 0.2) is 11.6 Å². The molecule has 0 saturated heterocycles. The number of halogens is 2. The number of rotatable bonds is 4. The van der Waals surface area contributed by atoms with Gasteiger partial charge in [-0.2, -0.15) is 0 Å². The number of hydrogen-bond acceptors (Lipinski definition) is 5. The number of aromatic amines is 1. The third-order valence-corrected chi connectivity index (χ3v) is 4.49. The number of nitrogen functional groups attached to an aromatic ring is 1. The molecule has 0 spiro atoms. The maximum atomic E-state index is 13.1. The Hall–Kier alpha value is -3.19. The van der Waals surface area contributed by atoms with E-state index in [1.807, 2.05) is 13.0 Å². The Morgan fingerprint density at radius 1 is 1.19 bits per heavy atom. The zero-order chi connectivity index (χ0) is 19.0. The maximum absolute atomic E-state index is 13.1. The second-order valence-electron chi connectivity index (χ2n) is 6.17. The van der Waals surface area contributed by atoms with Crippen LogP contribution in [0.15, 0.2) is 48.9 Å². The van der Waals surface area contributed by atoms with E-state index in [9.17, 15) is 4.39 Å². The summed E-state index contributed by atoms with van der Waals surface area (Å²) in [5.74, 6) is 0.718. The number of aromatic nitrogens is 4. The first-order chi connectivity index (χ1) is 13.0. The SMILES string of the molecule is C[C@H](Nc1nc(-c2c[nH]c3ncc(Cl)cc23)ncc1N)c1ccc(F)cc1. The highest BCUT2D eigenvalue weighted by Crippen LogP contribution is 2.30. The van der Waals surface area contributed by atoms with Gasteiger partial charge in [-0.15, -0.1) is 0 Å². The summed E-state index contributed by atoms with van der Waals surface area (Å²) in [5, 5.41) is 4.61. The van der Waals surface area contributed by atoms with Crippen LogP contribution in [0.25, 0.3) is 22.4 Å². The number of H-pyrrole nitrogens is 1. The van der Waals surface area contributed by atoms with Crippen molar-refractivity contribution in [2.24, 2.45) is 0 Å². The zero-order valence-electron chi connectivity index (χ0n) is 14.4. The van der Waals surface area contributed by atoms with E-state index in [0.717, 1.165) is 16.5 Å². The Morgan fingerprint density at radius 2 is 1.96 bits per heavy atom. The van der Waals surface area contributed by atoms with E-state index >= 15 is 0 Å². The van der Waals surface area contributed by atoms with E-state index in [4.69, 9.17) is 17.3 Å². The molecule has 0 unspecified atom stereocenters. The van der Waals surface area contributed by atoms with Gasteiger partial charge in [0, 0.05) is 23.3 Å². The van der Waals surface area contributed by atoms with Crippen molar-refractivity contribution in [3.63, 3.8) is 0 Å². The molecule has 8 heteroatoms. The monoisotopic (exact) mass is 382 g/mol. The Balaban J connectivity index is 1.68. The minimum absolute atomic E-state index is 0.116. The summed E-state index contributed by atoms with van der Waals surface area (Å²) < 4.78 is 13.1. The lowest BCUT2D eigenvalue weighted by Gasteiger charge is -2.16. The van der Waals surface area contributed by atoms with Gasteiger partial charge in [-0.3, -0.25) is 0 Å². The summed E-state index contributed by atoms with van der Waals surface area (Å²) in [6.07, 6.45) is 4.91. The van der Waals surface area contributed by atoms with Gasteiger partial charge in [-0.25, -0.2) is 19.3 Å². The summed E-state index contributed by atoms with van der Waals surface area (Å²) >= 11 is 6.06. The molecule has 0 aliphatic rings. The van der Waals surface area contributed by atoms with Gasteiger partial charge in [0.25, 0.3) is 0 Å². The summed E-state index contributed by atoms with van der Waals surface area (Å²) in [7, 11) is 0. The van der Waals surface area contributed by atoms with Gasteiger partial charge in [0.2, 0.25) is 0 Å². The predicted molar refractivity (Wildman–Crippen MR) is 105 cm³/mol. The maximum Gasteiger partial charge on any atom is 0.163 e. The van der Waals surface area contributed by atoms with Crippen LogP contribution in [-0.4, -0.2) is 19.9 Å². The van der Waals surface area contributed by atoms with E-state index in [1.54, 1.807) is 30.7 Å². The first-order valence-electron chi connectivity index (χ1n) is 8.29. The van der Waals surface area contributed by atoms with Crippen LogP contribution in [0.4, 0.5) is 15.9 Å². The van der Waals surface area contributed by atoms with Crippen LogP contribution in [0.5, 0.6) is 0 Å². The van der Waals surface area contributed by atoms with E-state index in [0.29, 0.717) is 28.0 Å². The van der Waals surface area contributed by atoms with Gasteiger partial charge >= 0.3 is 0 Å². The minimum Gasteiger partial charge on any atom is -0.394 e. The zero-order valence-corrected chi connectivity index (χ0v) is 15.1. The third kappa shape index (κ3) is 3.41. The molecule has 4 N–H and O–H groups in total. The topological polar surface area (TPSA) is 92.5 Å². The molecule has 0 radical (unpaired) electrons. The average Bonchev–Trinajstić information content (AvgIpc) is 3.07. The van der Waals surface area contributed by atoms with Gasteiger partial charge in [-0.1, -0.05) is 23.7 Å². The molecule has 0 aliphatic carbocycles. The first kappa shape index (κ1) is 17.2. The molecule has 4 rings (SSSR count). The Morgan fingerprint density at radius 3 is 2.74 bits per heavy atom. The van der Waals surface area contributed by atoms with Crippen LogP contribution in [0, 0.1) is 5.82 Å². The quantitative estimate of drug-likeness (QED) is 0.481. The van der Waals surface area contributed by atoms with Crippen LogP contribution in [0.2, 0.25) is 5.02 Å². The van der Waals surface area contributed by atoms with Crippen molar-refractivity contribution in [2.75, 3.05) is 11.1 Å². The lowest BCUT2D eigenvalue weighted by molar-refractivity contribution is 0.626. The summed E-state index contributed by atoms with van der Waals surface area (Å²) in [6, 6.07) is 7.98. The molecule has 27 heavy (non-hydrogen) atoms. The van der Waals surface area contributed by atoms with Crippen molar-refractivity contribution in [1.82, 2.24) is 19.9 Å². The molecular formula is C19H16ClFN6. The van der Waals surface area contributed by atoms with Crippen molar-refractivity contribution in [3.8, 4) is 11.4 Å². The Labute approximate surface area is 159 Å². The predicted octanol–water partition coefficient (Wildman–Crippen LogP) is 4.57. The number of hydrogen-bond donors (Lipinski definition) is 3. The molecule has 0 saturated carbocycles. The van der Waals surface area contributed by atoms with E-state index in [1.165, 1.54) is 12.1 Å². The van der Waals surface area contributed by atoms with Crippen molar-refractivity contribution >= 4 is 34.1 Å². The van der Waals surface area contributed by atoms with Gasteiger partial charge in [-0.05, 0) is 30.7 Å². The molecule has 3 aromatic heterocycles. The summed E-state index contributed by atoms with van der Waals surface area (Å²) in [5.41, 5.74) is 8.85. The van der Waals surface area contributed by atoms with Gasteiger partial charge in [0.05, 0.1) is 22.9 Å². The molecule has 1 aromatic carbocycles. The van der Waals surface area contributed by atoms with Gasteiger partial charge in [0.1, 0.15) is 11.5 Å². The highest BCUT2D eigenvalue weighted by molar-refractivity contribution is 6.31. The highest BCUT2D eigenvalue weighted by Gasteiger charge is 2.14. The van der Waals surface area contributed by atoms with Crippen LogP contribution in [0.1, 0.15) is 18.5 Å². The van der Waals surface area contributed by atoms with Gasteiger partial charge < -0.3 is 16.0 Å². The van der Waals surface area contributed by atoms with Crippen molar-refractivity contribution in [3.05, 3.63) is 65.3 Å². The Kier molecular flexibility index (Phi) is 4.37. The lowest BCUT2D eigenvalue weighted by atomic mass is 10.1. The van der Waals surface area contributed by atoms with E-state index in [-0.39, 0.29) is 11.9 Å². The van der Waals surface area contributed by atoms with Crippen LogP contribution in [0.3, 0.4) is 0 Å². The largest absolute Gasteiger partial charge is 0.394 e. The fourth-order valence-electron chi connectivity index (χ4n) is 2.84. The molecule has 0 amide bonds. The first-order valence-corrected chi connectivity index (χ1v) is 8.66. The van der Waals surface area contributed by atoms with E-state index in [2.05, 4.69) is 25.3 Å². The molecular weight excluding hydrogens is 367 g/mol. The van der Waals surface area contributed by atoms with Crippen molar-refractivity contribution < 1.29 is 4.39 Å². The lowest BCUT2D eigenvalue weighted by Crippen LogP contribution is -2.11. The molecule has 6 nitrogen and oxygen atoms in total. The normalized spacial score (nSPS) is 12.3. The molecule has 1 atom stereocenters. The molecule has 0 aliphatic heterocycles. The number of benzene rings is 1. The average molecular weight is 383 g/mol. The number of fused-ring (bicyclic) bond motifs is 1. The standard InChI is InChI=1S/C19H16ClFN6/c1-10(11-2-4-13(21)5-3-11)26-19-16(22)9-25-18(27-19)15-8-24-17-14(15)6-12(20)7-23-17/h2-10H,22H2,1H3,(H,23,24)(H,25,26,27)/t10-/m0/s1. The van der Waals surface area contributed by atoms with Crippen LogP contribution < -0.4 is 11.1 Å². The fraction of sp³-hybridized carbons (Fsp3) is 0.105. The third-order valence-electron chi connectivity index (χ3n) is 4.28. The fourth-order valence-corrected chi connectivity index (χ4v) is 3.00. The second-order valence-corrected chi connectivity index (χ2v) is 6.60. The molecule has 0 fully saturated rings. The number of nitrogens with one attached hydrogen (secondary N) is 2. The van der Waals surface area contributed by atoms with Crippen LogP contribution in [-0.2, 0) is 0 Å². The number of nitrogens with two attached hydrogens (primary N) is 1.